The summed E-state index contributed by atoms with van der Waals surface area (Å²) in [6, 6.07) is 8.01. The summed E-state index contributed by atoms with van der Waals surface area (Å²) in [6.45, 7) is 0. The predicted octanol–water partition coefficient (Wildman–Crippen LogP) is 1.53. The number of hydrogen-bond donors (Lipinski definition) is 0. The van der Waals surface area contributed by atoms with E-state index in [1.54, 1.807) is 12.1 Å². The Morgan fingerprint density at radius 1 is 1.40 bits per heavy atom. The fourth-order valence-corrected chi connectivity index (χ4v) is 1.77. The Morgan fingerprint density at radius 3 is 2.70 bits per heavy atom. The van der Waals surface area contributed by atoms with Gasteiger partial charge < -0.3 is 4.74 Å². The lowest BCUT2D eigenvalue weighted by molar-refractivity contribution is -0.385. The van der Waals surface area contributed by atoms with Crippen LogP contribution in [0.3, 0.4) is 0 Å². The lowest BCUT2D eigenvalue weighted by Gasteiger charge is -2.08. The summed E-state index contributed by atoms with van der Waals surface area (Å²) in [5.74, 6) is 0.0589. The maximum Gasteiger partial charge on any atom is 0.334 e. The molecule has 20 heavy (non-hydrogen) atoms. The van der Waals surface area contributed by atoms with Crippen LogP contribution >= 0.6 is 0 Å². The minimum atomic E-state index is -0.610. The van der Waals surface area contributed by atoms with Crippen molar-refractivity contribution in [3.63, 3.8) is 0 Å². The first-order valence-electron chi connectivity index (χ1n) is 5.33. The molecule has 0 bridgehead atoms. The Balaban J connectivity index is 2.78. The molecule has 1 heterocycles. The molecule has 0 atom stereocenters. The number of aromatic nitrogens is 2. The van der Waals surface area contributed by atoms with E-state index >= 15 is 0 Å². The Bertz CT molecular complexity index is 766. The Hall–Kier alpha value is -3.39. The van der Waals surface area contributed by atoms with E-state index in [1.165, 1.54) is 30.1 Å². The van der Waals surface area contributed by atoms with Gasteiger partial charge in [-0.15, -0.1) is 0 Å². The second kappa shape index (κ2) is 5.08. The van der Waals surface area contributed by atoms with Crippen LogP contribution < -0.4 is 4.74 Å². The highest BCUT2D eigenvalue weighted by Gasteiger charge is 2.24. The molecule has 1 aromatic carbocycles. The summed E-state index contributed by atoms with van der Waals surface area (Å²) < 4.78 is 6.15. The smallest absolute Gasteiger partial charge is 0.334 e. The topological polar surface area (TPSA) is 118 Å². The molecule has 0 saturated heterocycles. The van der Waals surface area contributed by atoms with E-state index in [-0.39, 0.29) is 28.5 Å². The number of imidazole rings is 1. The molecule has 0 aliphatic carbocycles. The number of hydrogen-bond acceptors (Lipinski definition) is 6. The van der Waals surface area contributed by atoms with Crippen LogP contribution in [0.15, 0.2) is 24.5 Å². The molecule has 8 heteroatoms. The van der Waals surface area contributed by atoms with Crippen LogP contribution in [0.4, 0.5) is 5.69 Å². The fraction of sp³-hybridized carbons (Fsp3) is 0.0833. The second-order valence-electron chi connectivity index (χ2n) is 3.62. The molecular weight excluding hydrogens is 262 g/mol. The van der Waals surface area contributed by atoms with Gasteiger partial charge in [0.2, 0.25) is 0 Å². The monoisotopic (exact) mass is 269 g/mol. The molecule has 0 radical (unpaired) electrons. The molecule has 0 aliphatic heterocycles. The lowest BCUT2D eigenvalue weighted by atomic mass is 10.2. The van der Waals surface area contributed by atoms with Crippen molar-refractivity contribution in [3.8, 4) is 23.6 Å². The molecule has 2 rings (SSSR count). The van der Waals surface area contributed by atoms with Crippen molar-refractivity contribution in [2.24, 2.45) is 0 Å². The van der Waals surface area contributed by atoms with Gasteiger partial charge in [-0.05, 0) is 12.1 Å². The van der Waals surface area contributed by atoms with Crippen LogP contribution in [0, 0.1) is 32.8 Å². The fourth-order valence-electron chi connectivity index (χ4n) is 1.77. The number of nitrogens with zero attached hydrogens (tertiary/aromatic N) is 5. The number of methoxy groups -OCH3 is 1. The van der Waals surface area contributed by atoms with Gasteiger partial charge in [0.1, 0.15) is 24.2 Å². The average Bonchev–Trinajstić information content (AvgIpc) is 2.88. The second-order valence-corrected chi connectivity index (χ2v) is 3.62. The number of nitro groups is 1. The van der Waals surface area contributed by atoms with Crippen LogP contribution in [-0.2, 0) is 0 Å². The lowest BCUT2D eigenvalue weighted by Crippen LogP contribution is -2.03. The molecule has 0 spiro atoms. The van der Waals surface area contributed by atoms with E-state index in [0.717, 1.165) is 0 Å². The van der Waals surface area contributed by atoms with Gasteiger partial charge in [-0.3, -0.25) is 14.7 Å². The Morgan fingerprint density at radius 2 is 2.15 bits per heavy atom. The van der Waals surface area contributed by atoms with Crippen molar-refractivity contribution in [3.05, 3.63) is 46.0 Å². The summed E-state index contributed by atoms with van der Waals surface area (Å²) >= 11 is 0. The van der Waals surface area contributed by atoms with Gasteiger partial charge in [0.25, 0.3) is 0 Å². The number of nitriles is 2. The number of benzene rings is 1. The number of ether oxygens (including phenoxy) is 1. The highest BCUT2D eigenvalue weighted by molar-refractivity contribution is 5.63. The Labute approximate surface area is 113 Å². The van der Waals surface area contributed by atoms with Crippen LogP contribution in [0.1, 0.15) is 11.4 Å². The number of nitro benzene ring substituents is 1. The SMILES string of the molecule is COc1cccc(-n2cnc(C#N)c2C#N)c1[N+](=O)[O-]. The standard InChI is InChI=1S/C12H7N5O3/c1-20-11-4-2-3-9(12(11)17(18)19)16-7-15-8(5-13)10(16)6-14/h2-4,7H,1H3. The van der Waals surface area contributed by atoms with Gasteiger partial charge in [0.05, 0.1) is 12.0 Å². The molecule has 0 fully saturated rings. The van der Waals surface area contributed by atoms with Crippen LogP contribution in [-0.4, -0.2) is 21.6 Å². The van der Waals surface area contributed by atoms with E-state index in [4.69, 9.17) is 15.3 Å². The van der Waals surface area contributed by atoms with Gasteiger partial charge in [0, 0.05) is 0 Å². The molecule has 2 aromatic rings. The average molecular weight is 269 g/mol. The van der Waals surface area contributed by atoms with Gasteiger partial charge in [-0.25, -0.2) is 4.98 Å². The van der Waals surface area contributed by atoms with Gasteiger partial charge >= 0.3 is 5.69 Å². The van der Waals surface area contributed by atoms with Crippen LogP contribution in [0.25, 0.3) is 5.69 Å². The molecular formula is C12H7N5O3. The number of rotatable bonds is 3. The quantitative estimate of drug-likeness (QED) is 0.615. The largest absolute Gasteiger partial charge is 0.490 e. The molecule has 0 N–H and O–H groups in total. The van der Waals surface area contributed by atoms with Crippen molar-refractivity contribution in [1.29, 1.82) is 10.5 Å². The first-order chi connectivity index (χ1) is 9.63. The highest BCUT2D eigenvalue weighted by atomic mass is 16.6. The molecule has 0 amide bonds. The van der Waals surface area contributed by atoms with Crippen molar-refractivity contribution in [1.82, 2.24) is 9.55 Å². The van der Waals surface area contributed by atoms with Gasteiger partial charge in [-0.2, -0.15) is 10.5 Å². The van der Waals surface area contributed by atoms with E-state index in [0.29, 0.717) is 0 Å². The summed E-state index contributed by atoms with van der Waals surface area (Å²) in [5, 5.41) is 29.1. The zero-order valence-corrected chi connectivity index (χ0v) is 10.3. The minimum Gasteiger partial charge on any atom is -0.490 e. The first-order valence-corrected chi connectivity index (χ1v) is 5.33. The minimum absolute atomic E-state index is 0.0589. The van der Waals surface area contributed by atoms with Crippen molar-refractivity contribution in [2.45, 2.75) is 0 Å². The molecule has 98 valence electrons. The van der Waals surface area contributed by atoms with E-state index in [1.807, 2.05) is 6.07 Å². The molecule has 0 saturated carbocycles. The maximum absolute atomic E-state index is 11.2. The van der Waals surface area contributed by atoms with E-state index in [2.05, 4.69) is 4.98 Å². The molecule has 0 aliphatic rings. The zero-order valence-electron chi connectivity index (χ0n) is 10.3. The van der Waals surface area contributed by atoms with Crippen LogP contribution in [0.2, 0.25) is 0 Å². The molecule has 0 unspecified atom stereocenters. The molecule has 8 nitrogen and oxygen atoms in total. The van der Waals surface area contributed by atoms with Crippen molar-refractivity contribution in [2.75, 3.05) is 7.11 Å². The third-order valence-electron chi connectivity index (χ3n) is 2.62. The summed E-state index contributed by atoms with van der Waals surface area (Å²) in [7, 11) is 1.31. The molecule has 1 aromatic heterocycles. The third-order valence-corrected chi connectivity index (χ3v) is 2.62. The van der Waals surface area contributed by atoms with E-state index < -0.39 is 4.92 Å². The third kappa shape index (κ3) is 1.91. The zero-order chi connectivity index (χ0) is 14.7. The number of para-hydroxylation sites is 1. The Kier molecular flexibility index (Phi) is 3.32. The van der Waals surface area contributed by atoms with Gasteiger partial charge in [-0.1, -0.05) is 6.07 Å². The highest BCUT2D eigenvalue weighted by Crippen LogP contribution is 2.33. The summed E-state index contributed by atoms with van der Waals surface area (Å²) in [6.07, 6.45) is 1.19. The summed E-state index contributed by atoms with van der Waals surface area (Å²) in [4.78, 5) is 14.3. The van der Waals surface area contributed by atoms with Crippen LogP contribution in [0.5, 0.6) is 5.75 Å². The van der Waals surface area contributed by atoms with Crippen molar-refractivity contribution < 1.29 is 9.66 Å². The normalized spacial score (nSPS) is 9.55. The predicted molar refractivity (Wildman–Crippen MR) is 66.2 cm³/mol. The summed E-state index contributed by atoms with van der Waals surface area (Å²) in [5.41, 5.74) is -0.346. The van der Waals surface area contributed by atoms with E-state index in [9.17, 15) is 10.1 Å². The van der Waals surface area contributed by atoms with Gasteiger partial charge in [0.15, 0.2) is 17.1 Å². The first kappa shape index (κ1) is 13.1. The van der Waals surface area contributed by atoms with Crippen molar-refractivity contribution >= 4 is 5.69 Å². The maximum atomic E-state index is 11.2.